The van der Waals surface area contributed by atoms with E-state index >= 15 is 0 Å². The van der Waals surface area contributed by atoms with Gasteiger partial charge in [0, 0.05) is 18.0 Å². The molecule has 2 unspecified atom stereocenters. The zero-order chi connectivity index (χ0) is 16.9. The van der Waals surface area contributed by atoms with Gasteiger partial charge >= 0.3 is 0 Å². The standard InChI is InChI=1S/C17H22N4O3/c1-11(19-15(22)10-13-6-4-8-18-13)17-20-16(21-24-17)12-5-3-7-14(9-12)23-2/h3,5,7,9,11,13,18H,4,6,8,10H2,1-2H3,(H,19,22). The summed E-state index contributed by atoms with van der Waals surface area (Å²) >= 11 is 0. The molecule has 2 atom stereocenters. The Balaban J connectivity index is 1.62. The second-order valence-corrected chi connectivity index (χ2v) is 5.97. The third-order valence-corrected chi connectivity index (χ3v) is 4.11. The monoisotopic (exact) mass is 330 g/mol. The summed E-state index contributed by atoms with van der Waals surface area (Å²) in [5, 5.41) is 10.2. The molecule has 1 saturated heterocycles. The van der Waals surface area contributed by atoms with Crippen molar-refractivity contribution < 1.29 is 14.1 Å². The van der Waals surface area contributed by atoms with Crippen LogP contribution >= 0.6 is 0 Å². The van der Waals surface area contributed by atoms with Crippen molar-refractivity contribution in [3.63, 3.8) is 0 Å². The minimum Gasteiger partial charge on any atom is -0.497 e. The van der Waals surface area contributed by atoms with Gasteiger partial charge in [0.1, 0.15) is 11.8 Å². The molecule has 7 heteroatoms. The molecule has 0 spiro atoms. The van der Waals surface area contributed by atoms with E-state index in [0.717, 1.165) is 30.7 Å². The normalized spacial score (nSPS) is 18.3. The van der Waals surface area contributed by atoms with Gasteiger partial charge in [0.05, 0.1) is 7.11 Å². The number of benzene rings is 1. The molecule has 7 nitrogen and oxygen atoms in total. The molecule has 128 valence electrons. The van der Waals surface area contributed by atoms with E-state index in [1.807, 2.05) is 31.2 Å². The third kappa shape index (κ3) is 3.91. The maximum Gasteiger partial charge on any atom is 0.249 e. The van der Waals surface area contributed by atoms with E-state index in [9.17, 15) is 4.79 Å². The van der Waals surface area contributed by atoms with Crippen LogP contribution in [0.25, 0.3) is 11.4 Å². The van der Waals surface area contributed by atoms with Gasteiger partial charge in [0.25, 0.3) is 0 Å². The Kier molecular flexibility index (Phi) is 5.10. The quantitative estimate of drug-likeness (QED) is 0.843. The molecule has 1 aromatic heterocycles. The summed E-state index contributed by atoms with van der Waals surface area (Å²) in [6.07, 6.45) is 2.64. The van der Waals surface area contributed by atoms with E-state index < -0.39 is 0 Å². The molecule has 2 aromatic rings. The number of aromatic nitrogens is 2. The predicted octanol–water partition coefficient (Wildman–Crippen LogP) is 2.06. The molecular weight excluding hydrogens is 308 g/mol. The van der Waals surface area contributed by atoms with Crippen molar-refractivity contribution in [2.75, 3.05) is 13.7 Å². The number of hydrogen-bond donors (Lipinski definition) is 2. The molecule has 2 heterocycles. The van der Waals surface area contributed by atoms with Gasteiger partial charge in [0.2, 0.25) is 17.6 Å². The summed E-state index contributed by atoms with van der Waals surface area (Å²) in [4.78, 5) is 16.5. The third-order valence-electron chi connectivity index (χ3n) is 4.11. The number of carbonyl (C=O) groups is 1. The van der Waals surface area contributed by atoms with Crippen LogP contribution < -0.4 is 15.4 Å². The molecule has 0 aliphatic carbocycles. The second-order valence-electron chi connectivity index (χ2n) is 5.97. The largest absolute Gasteiger partial charge is 0.497 e. The SMILES string of the molecule is COc1cccc(-c2noc(C(C)NC(=O)CC3CCCN3)n2)c1. The lowest BCUT2D eigenvalue weighted by Gasteiger charge is -2.13. The number of nitrogens with one attached hydrogen (secondary N) is 2. The first-order valence-electron chi connectivity index (χ1n) is 8.16. The van der Waals surface area contributed by atoms with Gasteiger partial charge in [-0.15, -0.1) is 0 Å². The van der Waals surface area contributed by atoms with E-state index in [1.54, 1.807) is 7.11 Å². The number of methoxy groups -OCH3 is 1. The fourth-order valence-electron chi connectivity index (χ4n) is 2.81. The van der Waals surface area contributed by atoms with Crippen molar-refractivity contribution in [3.05, 3.63) is 30.2 Å². The topological polar surface area (TPSA) is 89.3 Å². The van der Waals surface area contributed by atoms with Gasteiger partial charge in [-0.1, -0.05) is 17.3 Å². The average Bonchev–Trinajstić information content (AvgIpc) is 3.26. The summed E-state index contributed by atoms with van der Waals surface area (Å²) in [5.74, 6) is 1.58. The first-order valence-corrected chi connectivity index (χ1v) is 8.16. The maximum absolute atomic E-state index is 12.1. The van der Waals surface area contributed by atoms with Crippen molar-refractivity contribution in [2.24, 2.45) is 0 Å². The van der Waals surface area contributed by atoms with Crippen LogP contribution in [0.3, 0.4) is 0 Å². The summed E-state index contributed by atoms with van der Waals surface area (Å²) in [7, 11) is 1.61. The van der Waals surface area contributed by atoms with Crippen molar-refractivity contribution in [1.29, 1.82) is 0 Å². The molecule has 1 fully saturated rings. The smallest absolute Gasteiger partial charge is 0.249 e. The molecule has 1 aliphatic heterocycles. The van der Waals surface area contributed by atoms with Crippen LogP contribution in [0.5, 0.6) is 5.75 Å². The highest BCUT2D eigenvalue weighted by atomic mass is 16.5. The van der Waals surface area contributed by atoms with Crippen LogP contribution in [0, 0.1) is 0 Å². The Morgan fingerprint density at radius 2 is 2.42 bits per heavy atom. The van der Waals surface area contributed by atoms with Crippen LogP contribution in [0.1, 0.15) is 38.1 Å². The highest BCUT2D eigenvalue weighted by Gasteiger charge is 2.21. The minimum absolute atomic E-state index is 0.0111. The first kappa shape index (κ1) is 16.4. The van der Waals surface area contributed by atoms with Gasteiger partial charge in [-0.05, 0) is 38.4 Å². The molecule has 0 radical (unpaired) electrons. The van der Waals surface area contributed by atoms with Crippen LogP contribution in [-0.4, -0.2) is 35.7 Å². The van der Waals surface area contributed by atoms with Crippen LogP contribution in [0.2, 0.25) is 0 Å². The first-order chi connectivity index (χ1) is 11.7. The summed E-state index contributed by atoms with van der Waals surface area (Å²) in [5.41, 5.74) is 0.804. The Labute approximate surface area is 140 Å². The van der Waals surface area contributed by atoms with Gasteiger partial charge in [-0.3, -0.25) is 4.79 Å². The molecular formula is C17H22N4O3. The lowest BCUT2D eigenvalue weighted by atomic mass is 10.1. The van der Waals surface area contributed by atoms with Crippen molar-refractivity contribution >= 4 is 5.91 Å². The van der Waals surface area contributed by atoms with Gasteiger partial charge < -0.3 is 19.9 Å². The molecule has 1 aromatic carbocycles. The predicted molar refractivity (Wildman–Crippen MR) is 88.5 cm³/mol. The van der Waals surface area contributed by atoms with Crippen molar-refractivity contribution in [2.45, 2.75) is 38.3 Å². The van der Waals surface area contributed by atoms with E-state index in [0.29, 0.717) is 18.1 Å². The molecule has 1 aliphatic rings. The van der Waals surface area contributed by atoms with Gasteiger partial charge in [0.15, 0.2) is 0 Å². The molecule has 1 amide bonds. The number of hydrogen-bond acceptors (Lipinski definition) is 6. The minimum atomic E-state index is -0.328. The Hall–Kier alpha value is -2.41. The van der Waals surface area contributed by atoms with Crippen LogP contribution in [0.15, 0.2) is 28.8 Å². The van der Waals surface area contributed by atoms with E-state index in [4.69, 9.17) is 9.26 Å². The van der Waals surface area contributed by atoms with E-state index in [-0.39, 0.29) is 18.0 Å². The second kappa shape index (κ2) is 7.44. The average molecular weight is 330 g/mol. The maximum atomic E-state index is 12.1. The fraction of sp³-hybridized carbons (Fsp3) is 0.471. The lowest BCUT2D eigenvalue weighted by Crippen LogP contribution is -2.33. The highest BCUT2D eigenvalue weighted by Crippen LogP contribution is 2.22. The van der Waals surface area contributed by atoms with Crippen molar-refractivity contribution in [1.82, 2.24) is 20.8 Å². The Bertz CT molecular complexity index is 695. The van der Waals surface area contributed by atoms with E-state index in [2.05, 4.69) is 20.8 Å². The van der Waals surface area contributed by atoms with Gasteiger partial charge in [-0.2, -0.15) is 4.98 Å². The van der Waals surface area contributed by atoms with Crippen LogP contribution in [-0.2, 0) is 4.79 Å². The van der Waals surface area contributed by atoms with Gasteiger partial charge in [-0.25, -0.2) is 0 Å². The summed E-state index contributed by atoms with van der Waals surface area (Å²) in [6, 6.07) is 7.38. The molecule has 0 bridgehead atoms. The molecule has 3 rings (SSSR count). The molecule has 24 heavy (non-hydrogen) atoms. The number of carbonyl (C=O) groups excluding carboxylic acids is 1. The number of ether oxygens (including phenoxy) is 1. The molecule has 2 N–H and O–H groups in total. The zero-order valence-corrected chi connectivity index (χ0v) is 13.9. The summed E-state index contributed by atoms with van der Waals surface area (Å²) < 4.78 is 10.5. The number of amides is 1. The number of nitrogens with zero attached hydrogens (tertiary/aromatic N) is 2. The zero-order valence-electron chi connectivity index (χ0n) is 13.9. The van der Waals surface area contributed by atoms with Crippen LogP contribution in [0.4, 0.5) is 0 Å². The van der Waals surface area contributed by atoms with E-state index in [1.165, 1.54) is 0 Å². The Morgan fingerprint density at radius 3 is 3.17 bits per heavy atom. The molecule has 0 saturated carbocycles. The highest BCUT2D eigenvalue weighted by molar-refractivity contribution is 5.77. The fourth-order valence-corrected chi connectivity index (χ4v) is 2.81. The Morgan fingerprint density at radius 1 is 1.54 bits per heavy atom. The summed E-state index contributed by atoms with van der Waals surface area (Å²) in [6.45, 7) is 2.82. The lowest BCUT2D eigenvalue weighted by molar-refractivity contribution is -0.122. The van der Waals surface area contributed by atoms with Crippen molar-refractivity contribution in [3.8, 4) is 17.1 Å². The number of rotatable bonds is 6.